The van der Waals surface area contributed by atoms with E-state index in [0.29, 0.717) is 23.5 Å². The second-order valence-electron chi connectivity index (χ2n) is 6.46. The van der Waals surface area contributed by atoms with Gasteiger partial charge in [0.1, 0.15) is 12.0 Å². The van der Waals surface area contributed by atoms with Gasteiger partial charge in [0, 0.05) is 6.42 Å². The van der Waals surface area contributed by atoms with Gasteiger partial charge in [0.2, 0.25) is 5.91 Å². The predicted octanol–water partition coefficient (Wildman–Crippen LogP) is -5.27. The molecule has 0 radical (unpaired) electrons. The fraction of sp³-hybridized carbons (Fsp3) is 0.600. The summed E-state index contributed by atoms with van der Waals surface area (Å²) < 4.78 is 13.3. The molecule has 2 saturated heterocycles. The number of fused-ring (bicyclic) bond motifs is 2. The van der Waals surface area contributed by atoms with E-state index in [1.807, 2.05) is 0 Å². The molecule has 2 fully saturated rings. The maximum atomic E-state index is 13.3. The number of nitrogens with zero attached hydrogens (tertiary/aromatic N) is 2. The molecule has 3 rings (SSSR count). The summed E-state index contributed by atoms with van der Waals surface area (Å²) in [6, 6.07) is -2.79. The Hall–Kier alpha value is -2.13. The summed E-state index contributed by atoms with van der Waals surface area (Å²) in [5.41, 5.74) is 2.73. The standard InChI is InChI=1S/C15H19FN4O7.Li/c1-7-4-9-5-19(15(25)20(9)27-12(16)14(23)24)11(7)13(22)18-26-6-8-2-3-10(21)17-8;/h4,8-9,11-12H,2-3,5-6H2,1H3,(H,17,21)(H,18,22)(H,23,24);/q;+1/p-1/t8?,9-,11+,12-;/m1./s1. The number of carboxylic acids is 1. The van der Waals surface area contributed by atoms with Gasteiger partial charge in [-0.2, -0.15) is 5.06 Å². The van der Waals surface area contributed by atoms with Crippen molar-refractivity contribution in [3.8, 4) is 0 Å². The summed E-state index contributed by atoms with van der Waals surface area (Å²) in [7, 11) is 0. The van der Waals surface area contributed by atoms with Crippen LogP contribution in [0.3, 0.4) is 0 Å². The molecule has 0 aromatic carbocycles. The molecule has 148 valence electrons. The van der Waals surface area contributed by atoms with E-state index in [9.17, 15) is 28.7 Å². The largest absolute Gasteiger partial charge is 1.00 e. The third kappa shape index (κ3) is 4.47. The van der Waals surface area contributed by atoms with Crippen LogP contribution in [0.1, 0.15) is 19.8 Å². The topological polar surface area (TPSA) is 140 Å². The molecule has 0 spiro atoms. The number of carbonyl (C=O) groups excluding carboxylic acids is 4. The van der Waals surface area contributed by atoms with Crippen molar-refractivity contribution in [2.45, 2.75) is 44.2 Å². The van der Waals surface area contributed by atoms with Crippen LogP contribution in [0.5, 0.6) is 0 Å². The fourth-order valence-corrected chi connectivity index (χ4v) is 3.28. The minimum absolute atomic E-state index is 0. The fourth-order valence-electron chi connectivity index (χ4n) is 3.28. The molecule has 0 aromatic rings. The van der Waals surface area contributed by atoms with E-state index in [2.05, 4.69) is 15.6 Å². The summed E-state index contributed by atoms with van der Waals surface area (Å²) in [4.78, 5) is 57.1. The number of amides is 4. The van der Waals surface area contributed by atoms with Gasteiger partial charge in [0.05, 0.1) is 25.2 Å². The van der Waals surface area contributed by atoms with Crippen LogP contribution < -0.4 is 34.8 Å². The van der Waals surface area contributed by atoms with Crippen LogP contribution in [0.4, 0.5) is 9.18 Å². The summed E-state index contributed by atoms with van der Waals surface area (Å²) in [6.07, 6.45) is -0.295. The molecule has 3 aliphatic heterocycles. The molecular weight excluding hydrogens is 374 g/mol. The third-order valence-electron chi connectivity index (χ3n) is 4.50. The van der Waals surface area contributed by atoms with Crippen molar-refractivity contribution in [3.63, 3.8) is 0 Å². The smallest absolute Gasteiger partial charge is 0.544 e. The summed E-state index contributed by atoms with van der Waals surface area (Å²) >= 11 is 0. The Morgan fingerprint density at radius 2 is 2.18 bits per heavy atom. The van der Waals surface area contributed by atoms with E-state index in [1.165, 1.54) is 6.08 Å². The minimum Gasteiger partial charge on any atom is -0.544 e. The van der Waals surface area contributed by atoms with E-state index >= 15 is 0 Å². The van der Waals surface area contributed by atoms with Crippen LogP contribution >= 0.6 is 0 Å². The van der Waals surface area contributed by atoms with Crippen LogP contribution in [-0.4, -0.2) is 71.4 Å². The van der Waals surface area contributed by atoms with Crippen LogP contribution in [0.25, 0.3) is 0 Å². The molecule has 0 saturated carbocycles. The monoisotopic (exact) mass is 392 g/mol. The first-order chi connectivity index (χ1) is 12.8. The van der Waals surface area contributed by atoms with E-state index in [4.69, 9.17) is 4.84 Å². The number of hydrogen-bond donors (Lipinski definition) is 2. The first-order valence-corrected chi connectivity index (χ1v) is 8.28. The van der Waals surface area contributed by atoms with Crippen molar-refractivity contribution in [1.29, 1.82) is 0 Å². The number of urea groups is 1. The Balaban J connectivity index is 0.00000280. The molecule has 3 heterocycles. The second kappa shape index (κ2) is 8.91. The van der Waals surface area contributed by atoms with Gasteiger partial charge in [-0.15, -0.1) is 0 Å². The molecule has 1 unspecified atom stereocenters. The van der Waals surface area contributed by atoms with E-state index < -0.39 is 36.3 Å². The third-order valence-corrected chi connectivity index (χ3v) is 4.50. The van der Waals surface area contributed by atoms with Crippen LogP contribution in [0.15, 0.2) is 11.6 Å². The quantitative estimate of drug-likeness (QED) is 0.251. The van der Waals surface area contributed by atoms with Gasteiger partial charge >= 0.3 is 24.9 Å². The van der Waals surface area contributed by atoms with Gasteiger partial charge in [0.15, 0.2) is 0 Å². The first-order valence-electron chi connectivity index (χ1n) is 8.28. The van der Waals surface area contributed by atoms with Crippen molar-refractivity contribution < 1.29 is 57.2 Å². The maximum Gasteiger partial charge on any atom is 1.00 e. The normalized spacial score (nSPS) is 27.1. The van der Waals surface area contributed by atoms with Gasteiger partial charge < -0.3 is 20.1 Å². The molecule has 11 nitrogen and oxygen atoms in total. The van der Waals surface area contributed by atoms with Crippen molar-refractivity contribution in [2.75, 3.05) is 13.2 Å². The zero-order valence-electron chi connectivity index (χ0n) is 15.3. The number of halogens is 1. The molecule has 0 aliphatic carbocycles. The van der Waals surface area contributed by atoms with Crippen LogP contribution in [0.2, 0.25) is 0 Å². The molecule has 0 aromatic heterocycles. The van der Waals surface area contributed by atoms with Gasteiger partial charge in [-0.25, -0.2) is 19.5 Å². The van der Waals surface area contributed by atoms with E-state index in [0.717, 1.165) is 4.90 Å². The van der Waals surface area contributed by atoms with Crippen molar-refractivity contribution in [3.05, 3.63) is 11.6 Å². The molecular formula is C15H18FLiN4O7. The van der Waals surface area contributed by atoms with Crippen molar-refractivity contribution in [2.24, 2.45) is 0 Å². The number of alkyl halides is 1. The second-order valence-corrected chi connectivity index (χ2v) is 6.46. The van der Waals surface area contributed by atoms with Crippen molar-refractivity contribution in [1.82, 2.24) is 20.8 Å². The number of carbonyl (C=O) groups is 4. The van der Waals surface area contributed by atoms with E-state index in [1.54, 1.807) is 6.92 Å². The molecule has 28 heavy (non-hydrogen) atoms. The van der Waals surface area contributed by atoms with Crippen LogP contribution in [0, 0.1) is 0 Å². The number of hydrogen-bond acceptors (Lipinski definition) is 7. The molecule has 4 atom stereocenters. The Bertz CT molecular complexity index is 706. The Morgan fingerprint density at radius 1 is 1.46 bits per heavy atom. The number of nitrogens with one attached hydrogen (secondary N) is 2. The summed E-state index contributed by atoms with van der Waals surface area (Å²) in [5, 5.41) is 13.7. The zero-order chi connectivity index (χ0) is 19.7. The Labute approximate surface area is 171 Å². The average molecular weight is 392 g/mol. The number of rotatable bonds is 7. The zero-order valence-corrected chi connectivity index (χ0v) is 15.3. The Morgan fingerprint density at radius 3 is 2.79 bits per heavy atom. The molecule has 2 bridgehead atoms. The molecule has 3 aliphatic rings. The maximum absolute atomic E-state index is 13.3. The first kappa shape index (κ1) is 22.2. The Kier molecular flexibility index (Phi) is 7.05. The average Bonchev–Trinajstić information content (AvgIpc) is 3.11. The predicted molar refractivity (Wildman–Crippen MR) is 81.5 cm³/mol. The van der Waals surface area contributed by atoms with Crippen LogP contribution in [-0.2, 0) is 24.1 Å². The molecule has 4 amide bonds. The van der Waals surface area contributed by atoms with Gasteiger partial charge in [-0.05, 0) is 18.9 Å². The summed E-state index contributed by atoms with van der Waals surface area (Å²) in [5.74, 6) is -2.82. The number of carboxylic acid groups (broad SMARTS) is 1. The summed E-state index contributed by atoms with van der Waals surface area (Å²) in [6.45, 7) is 1.70. The number of aliphatic carboxylic acids is 1. The molecule has 13 heteroatoms. The van der Waals surface area contributed by atoms with Gasteiger partial charge in [0.25, 0.3) is 12.3 Å². The molecule has 2 N–H and O–H groups in total. The number of hydroxylamine groups is 3. The minimum atomic E-state index is -2.81. The van der Waals surface area contributed by atoms with E-state index in [-0.39, 0.29) is 44.0 Å². The van der Waals surface area contributed by atoms with Gasteiger partial charge in [-0.1, -0.05) is 6.08 Å². The van der Waals surface area contributed by atoms with Gasteiger partial charge in [-0.3, -0.25) is 14.4 Å². The SMILES string of the molecule is CC1=C[C@@H]2CN(C(=O)N2O[C@@H](F)C(=O)[O-])[C@@H]1C(=O)NOCC1CCC(=O)N1.[Li+]. The van der Waals surface area contributed by atoms with Crippen molar-refractivity contribution >= 4 is 23.8 Å².